The summed E-state index contributed by atoms with van der Waals surface area (Å²) in [6.45, 7) is 3.47. The molecule has 4 rings (SSSR count). The third-order valence-corrected chi connectivity index (χ3v) is 4.81. The number of nitrogens with zero attached hydrogens (tertiary/aromatic N) is 5. The SMILES string of the molecule is Cc1cc(NC(=O)N2CCC[C@H]2c2nnc3n2CCCCC3)no1. The molecule has 0 bridgehead atoms. The number of rotatable bonds is 2. The molecule has 0 aromatic carbocycles. The van der Waals surface area contributed by atoms with Crippen LogP contribution < -0.4 is 5.32 Å². The Balaban J connectivity index is 1.54. The number of carbonyl (C=O) groups excluding carboxylic acids is 1. The molecule has 1 atom stereocenters. The topological polar surface area (TPSA) is 89.1 Å². The Hall–Kier alpha value is -2.38. The van der Waals surface area contributed by atoms with Gasteiger partial charge in [-0.05, 0) is 32.6 Å². The van der Waals surface area contributed by atoms with Crippen LogP contribution >= 0.6 is 0 Å². The van der Waals surface area contributed by atoms with Crippen molar-refractivity contribution in [2.45, 2.75) is 58.0 Å². The van der Waals surface area contributed by atoms with Gasteiger partial charge in [-0.25, -0.2) is 4.79 Å². The van der Waals surface area contributed by atoms with E-state index in [1.54, 1.807) is 13.0 Å². The Labute approximate surface area is 140 Å². The van der Waals surface area contributed by atoms with Crippen molar-refractivity contribution in [2.75, 3.05) is 11.9 Å². The highest BCUT2D eigenvalue weighted by Gasteiger charge is 2.34. The maximum atomic E-state index is 12.6. The van der Waals surface area contributed by atoms with Crippen LogP contribution in [0.3, 0.4) is 0 Å². The minimum Gasteiger partial charge on any atom is -0.360 e. The van der Waals surface area contributed by atoms with E-state index in [1.807, 2.05) is 4.90 Å². The fourth-order valence-corrected chi connectivity index (χ4v) is 3.64. The third kappa shape index (κ3) is 2.76. The zero-order valence-corrected chi connectivity index (χ0v) is 13.9. The Morgan fingerprint density at radius 3 is 3.00 bits per heavy atom. The predicted molar refractivity (Wildman–Crippen MR) is 86.5 cm³/mol. The van der Waals surface area contributed by atoms with Gasteiger partial charge >= 0.3 is 6.03 Å². The number of fused-ring (bicyclic) bond motifs is 1. The quantitative estimate of drug-likeness (QED) is 0.914. The van der Waals surface area contributed by atoms with Crippen molar-refractivity contribution >= 4 is 11.8 Å². The number of aryl methyl sites for hydroxylation is 2. The number of nitrogens with one attached hydrogen (secondary N) is 1. The number of amides is 2. The minimum atomic E-state index is -0.156. The third-order valence-electron chi connectivity index (χ3n) is 4.81. The Morgan fingerprint density at radius 2 is 2.17 bits per heavy atom. The van der Waals surface area contributed by atoms with Gasteiger partial charge in [-0.3, -0.25) is 5.32 Å². The molecule has 2 aromatic heterocycles. The highest BCUT2D eigenvalue weighted by atomic mass is 16.5. The average molecular weight is 330 g/mol. The highest BCUT2D eigenvalue weighted by Crippen LogP contribution is 2.32. The number of aromatic nitrogens is 4. The van der Waals surface area contributed by atoms with E-state index < -0.39 is 0 Å². The first kappa shape index (κ1) is 15.2. The molecule has 0 unspecified atom stereocenters. The molecular formula is C16H22N6O2. The number of likely N-dealkylation sites (tertiary alicyclic amines) is 1. The lowest BCUT2D eigenvalue weighted by molar-refractivity contribution is 0.203. The summed E-state index contributed by atoms with van der Waals surface area (Å²) < 4.78 is 7.23. The number of anilines is 1. The Kier molecular flexibility index (Phi) is 3.95. The van der Waals surface area contributed by atoms with Gasteiger partial charge in [-0.2, -0.15) is 0 Å². The molecule has 4 heterocycles. The molecule has 1 fully saturated rings. The van der Waals surface area contributed by atoms with Gasteiger partial charge in [0.15, 0.2) is 11.6 Å². The normalized spacial score (nSPS) is 20.7. The Morgan fingerprint density at radius 1 is 1.25 bits per heavy atom. The predicted octanol–water partition coefficient (Wildman–Crippen LogP) is 2.67. The molecule has 0 saturated carbocycles. The van der Waals surface area contributed by atoms with E-state index in [0.717, 1.165) is 50.4 Å². The van der Waals surface area contributed by atoms with Gasteiger partial charge in [-0.1, -0.05) is 11.6 Å². The van der Waals surface area contributed by atoms with Crippen molar-refractivity contribution in [1.29, 1.82) is 0 Å². The van der Waals surface area contributed by atoms with Crippen molar-refractivity contribution in [2.24, 2.45) is 0 Å². The molecule has 128 valence electrons. The summed E-state index contributed by atoms with van der Waals surface area (Å²) in [6.07, 6.45) is 6.41. The smallest absolute Gasteiger partial charge is 0.323 e. The molecule has 2 aromatic rings. The van der Waals surface area contributed by atoms with Gasteiger partial charge < -0.3 is 14.0 Å². The molecule has 1 N–H and O–H groups in total. The second-order valence-electron chi connectivity index (χ2n) is 6.54. The maximum absolute atomic E-state index is 12.6. The average Bonchev–Trinajstić information content (AvgIpc) is 3.24. The lowest BCUT2D eigenvalue weighted by atomic mass is 10.2. The summed E-state index contributed by atoms with van der Waals surface area (Å²) in [6, 6.07) is 1.54. The zero-order valence-electron chi connectivity index (χ0n) is 13.9. The lowest BCUT2D eigenvalue weighted by Gasteiger charge is -2.24. The van der Waals surface area contributed by atoms with E-state index in [-0.39, 0.29) is 12.1 Å². The van der Waals surface area contributed by atoms with Crippen molar-refractivity contribution in [3.63, 3.8) is 0 Å². The standard InChI is InChI=1S/C16H22N6O2/c1-11-10-13(20-24-11)17-16(23)21-9-5-6-12(21)15-19-18-14-7-3-2-4-8-22(14)15/h10,12H,2-9H2,1H3,(H,17,20,23)/t12-/m0/s1. The summed E-state index contributed by atoms with van der Waals surface area (Å²) in [7, 11) is 0. The lowest BCUT2D eigenvalue weighted by Crippen LogP contribution is -2.35. The first-order chi connectivity index (χ1) is 11.7. The van der Waals surface area contributed by atoms with Crippen LogP contribution in [0.1, 0.15) is 55.6 Å². The second kappa shape index (κ2) is 6.26. The number of hydrogen-bond donors (Lipinski definition) is 1. The molecule has 0 spiro atoms. The maximum Gasteiger partial charge on any atom is 0.323 e. The fraction of sp³-hybridized carbons (Fsp3) is 0.625. The summed E-state index contributed by atoms with van der Waals surface area (Å²) in [5, 5.41) is 15.4. The van der Waals surface area contributed by atoms with Crippen LogP contribution in [0.15, 0.2) is 10.6 Å². The number of hydrogen-bond acceptors (Lipinski definition) is 5. The van der Waals surface area contributed by atoms with E-state index in [9.17, 15) is 4.79 Å². The molecule has 24 heavy (non-hydrogen) atoms. The van der Waals surface area contributed by atoms with E-state index in [2.05, 4.69) is 25.2 Å². The molecule has 0 radical (unpaired) electrons. The van der Waals surface area contributed by atoms with E-state index in [4.69, 9.17) is 4.52 Å². The van der Waals surface area contributed by atoms with E-state index in [0.29, 0.717) is 11.6 Å². The van der Waals surface area contributed by atoms with Crippen LogP contribution in [0, 0.1) is 6.92 Å². The summed E-state index contributed by atoms with van der Waals surface area (Å²) >= 11 is 0. The minimum absolute atomic E-state index is 0.0163. The monoisotopic (exact) mass is 330 g/mol. The highest BCUT2D eigenvalue weighted by molar-refractivity contribution is 5.88. The van der Waals surface area contributed by atoms with Gasteiger partial charge in [0.25, 0.3) is 0 Å². The van der Waals surface area contributed by atoms with Crippen LogP contribution in [-0.2, 0) is 13.0 Å². The molecule has 8 nitrogen and oxygen atoms in total. The Bertz CT molecular complexity index is 737. The molecule has 0 aliphatic carbocycles. The van der Waals surface area contributed by atoms with Crippen molar-refractivity contribution < 1.29 is 9.32 Å². The van der Waals surface area contributed by atoms with Crippen LogP contribution in [0.5, 0.6) is 0 Å². The van der Waals surface area contributed by atoms with Gasteiger partial charge in [0, 0.05) is 25.6 Å². The number of carbonyl (C=O) groups is 1. The van der Waals surface area contributed by atoms with Gasteiger partial charge in [0.05, 0.1) is 6.04 Å². The van der Waals surface area contributed by atoms with Crippen LogP contribution in [0.2, 0.25) is 0 Å². The van der Waals surface area contributed by atoms with Gasteiger partial charge in [0.1, 0.15) is 11.6 Å². The first-order valence-electron chi connectivity index (χ1n) is 8.65. The van der Waals surface area contributed by atoms with Gasteiger partial charge in [0.2, 0.25) is 0 Å². The van der Waals surface area contributed by atoms with E-state index in [1.165, 1.54) is 12.8 Å². The molecule has 2 aliphatic heterocycles. The second-order valence-corrected chi connectivity index (χ2v) is 6.54. The molecule has 8 heteroatoms. The molecule has 1 saturated heterocycles. The van der Waals surface area contributed by atoms with Crippen molar-refractivity contribution in [3.05, 3.63) is 23.5 Å². The zero-order chi connectivity index (χ0) is 16.5. The molecular weight excluding hydrogens is 308 g/mol. The molecule has 2 aliphatic rings. The summed E-state index contributed by atoms with van der Waals surface area (Å²) in [4.78, 5) is 14.5. The van der Waals surface area contributed by atoms with E-state index >= 15 is 0 Å². The van der Waals surface area contributed by atoms with Crippen LogP contribution in [0.4, 0.5) is 10.6 Å². The van der Waals surface area contributed by atoms with Gasteiger partial charge in [-0.15, -0.1) is 10.2 Å². The molecule has 2 amide bonds. The summed E-state index contributed by atoms with van der Waals surface area (Å²) in [5.41, 5.74) is 0. The van der Waals surface area contributed by atoms with Crippen LogP contribution in [0.25, 0.3) is 0 Å². The largest absolute Gasteiger partial charge is 0.360 e. The van der Waals surface area contributed by atoms with Crippen molar-refractivity contribution in [1.82, 2.24) is 24.8 Å². The van der Waals surface area contributed by atoms with Crippen molar-refractivity contribution in [3.8, 4) is 0 Å². The first-order valence-corrected chi connectivity index (χ1v) is 8.65. The van der Waals surface area contributed by atoms with Crippen LogP contribution in [-0.4, -0.2) is 37.4 Å². The fourth-order valence-electron chi connectivity index (χ4n) is 3.64. The number of urea groups is 1. The summed E-state index contributed by atoms with van der Waals surface area (Å²) in [5.74, 6) is 3.10.